The molecule has 3 aromatic rings. The summed E-state index contributed by atoms with van der Waals surface area (Å²) >= 11 is 5.95. The van der Waals surface area contributed by atoms with Gasteiger partial charge in [0.15, 0.2) is 11.5 Å². The standard InChI is InChI=1S/C27H24ClFN2O5/c1-35-23-12-3-17(15-24(23)36-2)13-14-30(26(33)18-4-8-20(29)9-5-18)22-16-25(32)31(27(22)34)21-10-6-19(28)7-11-21/h3-12,15,22H,13-14,16H2,1-2H3. The fraction of sp³-hybridized carbons (Fsp3) is 0.222. The molecule has 1 fully saturated rings. The van der Waals surface area contributed by atoms with Gasteiger partial charge in [0.2, 0.25) is 5.91 Å². The molecule has 4 rings (SSSR count). The highest BCUT2D eigenvalue weighted by Crippen LogP contribution is 2.30. The average molecular weight is 511 g/mol. The summed E-state index contributed by atoms with van der Waals surface area (Å²) in [6, 6.07) is 15.8. The third-order valence-electron chi connectivity index (χ3n) is 6.03. The van der Waals surface area contributed by atoms with E-state index in [1.807, 2.05) is 6.07 Å². The lowest BCUT2D eigenvalue weighted by atomic mass is 10.1. The minimum atomic E-state index is -1.01. The van der Waals surface area contributed by atoms with Gasteiger partial charge >= 0.3 is 0 Å². The number of halogens is 2. The van der Waals surface area contributed by atoms with Crippen LogP contribution in [0.2, 0.25) is 5.02 Å². The number of benzene rings is 3. The van der Waals surface area contributed by atoms with Gasteiger partial charge in [0.05, 0.1) is 26.3 Å². The van der Waals surface area contributed by atoms with E-state index in [9.17, 15) is 18.8 Å². The van der Waals surface area contributed by atoms with Crippen molar-refractivity contribution in [2.45, 2.75) is 18.9 Å². The molecule has 0 bridgehead atoms. The summed E-state index contributed by atoms with van der Waals surface area (Å²) in [5.74, 6) is -0.785. The number of hydrogen-bond donors (Lipinski definition) is 0. The number of anilines is 1. The van der Waals surface area contributed by atoms with Crippen LogP contribution in [0.15, 0.2) is 66.7 Å². The Kier molecular flexibility index (Phi) is 7.55. The van der Waals surface area contributed by atoms with Crippen LogP contribution < -0.4 is 14.4 Å². The second-order valence-electron chi connectivity index (χ2n) is 8.21. The first kappa shape index (κ1) is 25.2. The number of methoxy groups -OCH3 is 2. The van der Waals surface area contributed by atoms with Gasteiger partial charge in [0, 0.05) is 17.1 Å². The van der Waals surface area contributed by atoms with E-state index in [-0.39, 0.29) is 18.5 Å². The predicted molar refractivity (Wildman–Crippen MR) is 133 cm³/mol. The van der Waals surface area contributed by atoms with Crippen molar-refractivity contribution in [1.29, 1.82) is 0 Å². The molecule has 1 aliphatic rings. The molecule has 3 amide bonds. The second kappa shape index (κ2) is 10.8. The molecule has 7 nitrogen and oxygen atoms in total. The number of ether oxygens (including phenoxy) is 2. The average Bonchev–Trinajstić information content (AvgIpc) is 3.18. The molecule has 1 aliphatic heterocycles. The van der Waals surface area contributed by atoms with Crippen LogP contribution in [-0.2, 0) is 16.0 Å². The maximum absolute atomic E-state index is 13.5. The van der Waals surface area contributed by atoms with Gasteiger partial charge in [-0.1, -0.05) is 17.7 Å². The summed E-state index contributed by atoms with van der Waals surface area (Å²) in [6.07, 6.45) is 0.215. The zero-order valence-corrected chi connectivity index (χ0v) is 20.5. The van der Waals surface area contributed by atoms with E-state index in [0.717, 1.165) is 10.5 Å². The number of hydrogen-bond acceptors (Lipinski definition) is 5. The lowest BCUT2D eigenvalue weighted by Gasteiger charge is -2.28. The smallest absolute Gasteiger partial charge is 0.257 e. The molecule has 1 unspecified atom stereocenters. The quantitative estimate of drug-likeness (QED) is 0.417. The lowest BCUT2D eigenvalue weighted by Crippen LogP contribution is -2.46. The number of nitrogens with zero attached hydrogens (tertiary/aromatic N) is 2. The van der Waals surface area contributed by atoms with Crippen LogP contribution in [0, 0.1) is 5.82 Å². The van der Waals surface area contributed by atoms with Crippen LogP contribution in [0.1, 0.15) is 22.3 Å². The van der Waals surface area contributed by atoms with Gasteiger partial charge in [0.25, 0.3) is 11.8 Å². The second-order valence-corrected chi connectivity index (χ2v) is 8.64. The normalized spacial score (nSPS) is 15.2. The van der Waals surface area contributed by atoms with Gasteiger partial charge in [-0.05, 0) is 72.6 Å². The van der Waals surface area contributed by atoms with Crippen molar-refractivity contribution >= 4 is 35.0 Å². The molecule has 36 heavy (non-hydrogen) atoms. The Hall–Kier alpha value is -3.91. The van der Waals surface area contributed by atoms with Crippen molar-refractivity contribution in [2.75, 3.05) is 25.7 Å². The molecule has 0 spiro atoms. The number of rotatable bonds is 8. The molecule has 9 heteroatoms. The van der Waals surface area contributed by atoms with Crippen molar-refractivity contribution in [3.05, 3.63) is 88.7 Å². The summed E-state index contributed by atoms with van der Waals surface area (Å²) in [6.45, 7) is 0.143. The Morgan fingerprint density at radius 1 is 1.00 bits per heavy atom. The van der Waals surface area contributed by atoms with E-state index in [0.29, 0.717) is 28.6 Å². The first-order valence-electron chi connectivity index (χ1n) is 11.2. The number of amides is 3. The molecule has 1 saturated heterocycles. The van der Waals surface area contributed by atoms with Crippen molar-refractivity contribution in [1.82, 2.24) is 4.90 Å². The molecular formula is C27H24ClFN2O5. The highest BCUT2D eigenvalue weighted by Gasteiger charge is 2.44. The topological polar surface area (TPSA) is 76.2 Å². The van der Waals surface area contributed by atoms with Crippen molar-refractivity contribution in [3.63, 3.8) is 0 Å². The highest BCUT2D eigenvalue weighted by atomic mass is 35.5. The Labute approximate surface area is 213 Å². The molecule has 186 valence electrons. The number of carbonyl (C=O) groups excluding carboxylic acids is 3. The van der Waals surface area contributed by atoms with Gasteiger partial charge in [-0.3, -0.25) is 14.4 Å². The van der Waals surface area contributed by atoms with Crippen molar-refractivity contribution in [3.8, 4) is 11.5 Å². The zero-order chi connectivity index (χ0) is 25.8. The maximum atomic E-state index is 13.5. The number of imide groups is 1. The third-order valence-corrected chi connectivity index (χ3v) is 6.28. The van der Waals surface area contributed by atoms with E-state index >= 15 is 0 Å². The van der Waals surface area contributed by atoms with Crippen LogP contribution in [0.25, 0.3) is 0 Å². The van der Waals surface area contributed by atoms with E-state index in [2.05, 4.69) is 0 Å². The van der Waals surface area contributed by atoms with E-state index in [4.69, 9.17) is 21.1 Å². The highest BCUT2D eigenvalue weighted by molar-refractivity contribution is 6.31. The monoisotopic (exact) mass is 510 g/mol. The van der Waals surface area contributed by atoms with Gasteiger partial charge in [-0.2, -0.15) is 0 Å². The molecule has 1 atom stereocenters. The molecule has 0 N–H and O–H groups in total. The Morgan fingerprint density at radius 3 is 2.31 bits per heavy atom. The molecule has 3 aromatic carbocycles. The van der Waals surface area contributed by atoms with Crippen LogP contribution in [-0.4, -0.2) is 49.4 Å². The first-order valence-corrected chi connectivity index (χ1v) is 11.6. The molecule has 0 saturated carbocycles. The molecule has 1 heterocycles. The summed E-state index contributed by atoms with van der Waals surface area (Å²) in [7, 11) is 3.07. The van der Waals surface area contributed by atoms with Gasteiger partial charge in [0.1, 0.15) is 11.9 Å². The molecular weight excluding hydrogens is 487 g/mol. The molecule has 0 radical (unpaired) electrons. The predicted octanol–water partition coefficient (Wildman–Crippen LogP) is 4.51. The maximum Gasteiger partial charge on any atom is 0.257 e. The fourth-order valence-corrected chi connectivity index (χ4v) is 4.29. The third kappa shape index (κ3) is 5.18. The van der Waals surface area contributed by atoms with Crippen molar-refractivity contribution in [2.24, 2.45) is 0 Å². The van der Waals surface area contributed by atoms with Crippen LogP contribution in [0.3, 0.4) is 0 Å². The number of carbonyl (C=O) groups is 3. The van der Waals surface area contributed by atoms with Crippen LogP contribution in [0.4, 0.5) is 10.1 Å². The zero-order valence-electron chi connectivity index (χ0n) is 19.7. The van der Waals surface area contributed by atoms with Gasteiger partial charge in [-0.15, -0.1) is 0 Å². The van der Waals surface area contributed by atoms with Crippen molar-refractivity contribution < 1.29 is 28.2 Å². The van der Waals surface area contributed by atoms with Gasteiger partial charge < -0.3 is 14.4 Å². The van der Waals surface area contributed by atoms with E-state index in [1.54, 1.807) is 36.4 Å². The Balaban J connectivity index is 1.63. The summed E-state index contributed by atoms with van der Waals surface area (Å²) in [4.78, 5) is 42.2. The minimum Gasteiger partial charge on any atom is -0.493 e. The first-order chi connectivity index (χ1) is 17.3. The van der Waals surface area contributed by atoms with Crippen LogP contribution in [0.5, 0.6) is 11.5 Å². The largest absolute Gasteiger partial charge is 0.493 e. The van der Waals surface area contributed by atoms with Gasteiger partial charge in [-0.25, -0.2) is 9.29 Å². The molecule has 0 aromatic heterocycles. The Morgan fingerprint density at radius 2 is 1.67 bits per heavy atom. The summed E-state index contributed by atoms with van der Waals surface area (Å²) in [5.41, 5.74) is 1.44. The van der Waals surface area contributed by atoms with E-state index < -0.39 is 29.6 Å². The van der Waals surface area contributed by atoms with E-state index in [1.165, 1.54) is 43.4 Å². The lowest BCUT2D eigenvalue weighted by molar-refractivity contribution is -0.122. The van der Waals surface area contributed by atoms with Crippen LogP contribution >= 0.6 is 11.6 Å². The Bertz CT molecular complexity index is 1280. The molecule has 0 aliphatic carbocycles. The summed E-state index contributed by atoms with van der Waals surface area (Å²) < 4.78 is 24.1. The summed E-state index contributed by atoms with van der Waals surface area (Å²) in [5, 5.41) is 0.470. The minimum absolute atomic E-state index is 0.143. The SMILES string of the molecule is COc1ccc(CCN(C(=O)c2ccc(F)cc2)C2CC(=O)N(c3ccc(Cl)cc3)C2=O)cc1OC. The fourth-order valence-electron chi connectivity index (χ4n) is 4.16.